The normalized spacial score (nSPS) is 11.2. The Bertz CT molecular complexity index is 840. The first-order chi connectivity index (χ1) is 10.3. The molecule has 0 heterocycles. The second-order valence-electron chi connectivity index (χ2n) is 4.63. The van der Waals surface area contributed by atoms with Gasteiger partial charge in [0.05, 0.1) is 6.21 Å². The average Bonchev–Trinajstić information content (AvgIpc) is 2.51. The van der Waals surface area contributed by atoms with Crippen molar-refractivity contribution in [2.45, 2.75) is 0 Å². The number of hydrogen-bond acceptors (Lipinski definition) is 3. The molecule has 4 nitrogen and oxygen atoms in total. The Morgan fingerprint density at radius 1 is 1.05 bits per heavy atom. The molecule has 0 aromatic heterocycles. The molecule has 0 atom stereocenters. The third kappa shape index (κ3) is 2.69. The summed E-state index contributed by atoms with van der Waals surface area (Å²) in [6.45, 7) is -0.442. The molecular weight excluding hydrogens is 266 g/mol. The lowest BCUT2D eigenvalue weighted by atomic mass is 9.98. The first kappa shape index (κ1) is 13.1. The maximum absolute atomic E-state index is 10.4. The van der Waals surface area contributed by atoms with Gasteiger partial charge in [-0.3, -0.25) is 0 Å². The summed E-state index contributed by atoms with van der Waals surface area (Å²) in [4.78, 5) is 15.1. The topological polar surface area (TPSA) is 58.9 Å². The van der Waals surface area contributed by atoms with Gasteiger partial charge in [-0.1, -0.05) is 53.7 Å². The van der Waals surface area contributed by atoms with Crippen LogP contribution in [0.1, 0.15) is 5.56 Å². The molecule has 0 bridgehead atoms. The fraction of sp³-hybridized carbons (Fsp3) is 0.0588. The SMILES string of the molecule is O=C(O)CO/N=C\c1cc2ccccc2c2ccccc12. The number of hydrogen-bond donors (Lipinski definition) is 1. The maximum Gasteiger partial charge on any atom is 0.344 e. The minimum atomic E-state index is -1.05. The zero-order valence-electron chi connectivity index (χ0n) is 11.2. The van der Waals surface area contributed by atoms with Gasteiger partial charge in [-0.15, -0.1) is 0 Å². The van der Waals surface area contributed by atoms with Crippen molar-refractivity contribution in [1.29, 1.82) is 0 Å². The van der Waals surface area contributed by atoms with Crippen LogP contribution in [0.3, 0.4) is 0 Å². The van der Waals surface area contributed by atoms with Crippen LogP contribution < -0.4 is 0 Å². The van der Waals surface area contributed by atoms with Crippen molar-refractivity contribution in [3.63, 3.8) is 0 Å². The Balaban J connectivity index is 2.10. The summed E-state index contributed by atoms with van der Waals surface area (Å²) in [6.07, 6.45) is 1.55. The zero-order valence-corrected chi connectivity index (χ0v) is 11.2. The molecule has 0 saturated heterocycles. The third-order valence-electron chi connectivity index (χ3n) is 3.25. The Morgan fingerprint density at radius 2 is 1.71 bits per heavy atom. The summed E-state index contributed by atoms with van der Waals surface area (Å²) in [6, 6.07) is 18.2. The molecule has 3 aromatic carbocycles. The molecule has 0 radical (unpaired) electrons. The number of benzene rings is 3. The van der Waals surface area contributed by atoms with Gasteiger partial charge in [0.25, 0.3) is 0 Å². The molecule has 0 saturated carbocycles. The summed E-state index contributed by atoms with van der Waals surface area (Å²) in [7, 11) is 0. The van der Waals surface area contributed by atoms with Crippen molar-refractivity contribution in [3.05, 3.63) is 60.2 Å². The lowest BCUT2D eigenvalue weighted by Crippen LogP contribution is -2.03. The van der Waals surface area contributed by atoms with E-state index in [1.54, 1.807) is 6.21 Å². The molecule has 1 N–H and O–H groups in total. The molecule has 3 rings (SSSR count). The Hall–Kier alpha value is -2.88. The number of carbonyl (C=O) groups is 1. The summed E-state index contributed by atoms with van der Waals surface area (Å²) < 4.78 is 0. The van der Waals surface area contributed by atoms with Crippen LogP contribution in [0.15, 0.2) is 59.8 Å². The van der Waals surface area contributed by atoms with E-state index in [-0.39, 0.29) is 0 Å². The van der Waals surface area contributed by atoms with Crippen LogP contribution in [0.2, 0.25) is 0 Å². The number of oxime groups is 1. The molecule has 4 heteroatoms. The molecule has 0 amide bonds. The van der Waals surface area contributed by atoms with Crippen molar-refractivity contribution >= 4 is 33.7 Å². The van der Waals surface area contributed by atoms with E-state index >= 15 is 0 Å². The number of carboxylic acids is 1. The van der Waals surface area contributed by atoms with Crippen LogP contribution in [0.5, 0.6) is 0 Å². The van der Waals surface area contributed by atoms with E-state index in [1.807, 2.05) is 42.5 Å². The largest absolute Gasteiger partial charge is 0.479 e. The molecule has 3 aromatic rings. The summed E-state index contributed by atoms with van der Waals surface area (Å²) in [5.74, 6) is -1.05. The third-order valence-corrected chi connectivity index (χ3v) is 3.25. The zero-order chi connectivity index (χ0) is 14.7. The van der Waals surface area contributed by atoms with Gasteiger partial charge in [0.2, 0.25) is 6.61 Å². The van der Waals surface area contributed by atoms with E-state index in [9.17, 15) is 4.79 Å². The fourth-order valence-electron chi connectivity index (χ4n) is 2.38. The van der Waals surface area contributed by atoms with Crippen molar-refractivity contribution in [3.8, 4) is 0 Å². The van der Waals surface area contributed by atoms with Crippen molar-refractivity contribution in [2.75, 3.05) is 6.61 Å². The molecule has 0 aliphatic heterocycles. The number of nitrogens with zero attached hydrogens (tertiary/aromatic N) is 1. The van der Waals surface area contributed by atoms with Crippen LogP contribution in [-0.4, -0.2) is 23.9 Å². The van der Waals surface area contributed by atoms with E-state index in [4.69, 9.17) is 9.94 Å². The molecule has 21 heavy (non-hydrogen) atoms. The highest BCUT2D eigenvalue weighted by Gasteiger charge is 2.04. The van der Waals surface area contributed by atoms with Crippen LogP contribution in [0.25, 0.3) is 21.5 Å². The van der Waals surface area contributed by atoms with E-state index in [1.165, 1.54) is 5.39 Å². The quantitative estimate of drug-likeness (QED) is 0.452. The Morgan fingerprint density at radius 3 is 2.48 bits per heavy atom. The van der Waals surface area contributed by atoms with E-state index in [0.717, 1.165) is 21.7 Å². The first-order valence-corrected chi connectivity index (χ1v) is 6.53. The van der Waals surface area contributed by atoms with Gasteiger partial charge in [0.15, 0.2) is 0 Å². The average molecular weight is 279 g/mol. The molecular formula is C17H13NO3. The Labute approximate surface area is 121 Å². The smallest absolute Gasteiger partial charge is 0.344 e. The fourth-order valence-corrected chi connectivity index (χ4v) is 2.38. The summed E-state index contributed by atoms with van der Waals surface area (Å²) in [5.41, 5.74) is 0.898. The van der Waals surface area contributed by atoms with E-state index in [0.29, 0.717) is 0 Å². The highest BCUT2D eigenvalue weighted by atomic mass is 16.6. The summed E-state index contributed by atoms with van der Waals surface area (Å²) >= 11 is 0. The predicted molar refractivity (Wildman–Crippen MR) is 82.6 cm³/mol. The highest BCUT2D eigenvalue weighted by Crippen LogP contribution is 2.27. The van der Waals surface area contributed by atoms with Gasteiger partial charge in [-0.05, 0) is 27.6 Å². The van der Waals surface area contributed by atoms with Gasteiger partial charge < -0.3 is 9.94 Å². The van der Waals surface area contributed by atoms with Crippen molar-refractivity contribution in [1.82, 2.24) is 0 Å². The lowest BCUT2D eigenvalue weighted by molar-refractivity contribution is -0.142. The summed E-state index contributed by atoms with van der Waals surface area (Å²) in [5, 5.41) is 16.7. The number of aliphatic carboxylic acids is 1. The highest BCUT2D eigenvalue weighted by molar-refractivity contribution is 6.13. The number of fused-ring (bicyclic) bond motifs is 3. The molecule has 0 unspecified atom stereocenters. The second kappa shape index (κ2) is 5.63. The van der Waals surface area contributed by atoms with Crippen LogP contribution in [-0.2, 0) is 9.63 Å². The lowest BCUT2D eigenvalue weighted by Gasteiger charge is -2.07. The molecule has 0 spiro atoms. The number of rotatable bonds is 4. The monoisotopic (exact) mass is 279 g/mol. The molecule has 0 fully saturated rings. The first-order valence-electron chi connectivity index (χ1n) is 6.53. The van der Waals surface area contributed by atoms with Gasteiger partial charge in [-0.2, -0.15) is 0 Å². The van der Waals surface area contributed by atoms with Gasteiger partial charge in [-0.25, -0.2) is 4.79 Å². The van der Waals surface area contributed by atoms with Gasteiger partial charge in [0.1, 0.15) is 0 Å². The standard InChI is InChI=1S/C17H13NO3/c19-17(20)11-21-18-10-13-9-12-5-1-2-6-14(12)16-8-4-3-7-15(13)16/h1-10H,11H2,(H,19,20)/b18-10-. The van der Waals surface area contributed by atoms with Crippen LogP contribution in [0, 0.1) is 0 Å². The molecule has 104 valence electrons. The minimum Gasteiger partial charge on any atom is -0.479 e. The number of carboxylic acid groups (broad SMARTS) is 1. The van der Waals surface area contributed by atoms with Crippen molar-refractivity contribution in [2.24, 2.45) is 5.16 Å². The van der Waals surface area contributed by atoms with Crippen LogP contribution in [0.4, 0.5) is 0 Å². The van der Waals surface area contributed by atoms with Gasteiger partial charge in [0, 0.05) is 5.56 Å². The van der Waals surface area contributed by atoms with Crippen molar-refractivity contribution < 1.29 is 14.7 Å². The van der Waals surface area contributed by atoms with Crippen LogP contribution >= 0.6 is 0 Å². The maximum atomic E-state index is 10.4. The molecule has 0 aliphatic rings. The Kier molecular flexibility index (Phi) is 3.51. The second-order valence-corrected chi connectivity index (χ2v) is 4.63. The van der Waals surface area contributed by atoms with E-state index in [2.05, 4.69) is 17.3 Å². The molecule has 0 aliphatic carbocycles. The van der Waals surface area contributed by atoms with E-state index < -0.39 is 12.6 Å². The minimum absolute atomic E-state index is 0.442. The van der Waals surface area contributed by atoms with Gasteiger partial charge >= 0.3 is 5.97 Å². The predicted octanol–water partition coefficient (Wildman–Crippen LogP) is 3.43.